The monoisotopic (exact) mass is 349 g/mol. The maximum absolute atomic E-state index is 11.2. The van der Waals surface area contributed by atoms with Gasteiger partial charge in [0.25, 0.3) is 0 Å². The zero-order valence-corrected chi connectivity index (χ0v) is 14.0. The minimum atomic E-state index is -1.04. The Morgan fingerprint density at radius 1 is 1.22 bits per heavy atom. The van der Waals surface area contributed by atoms with Crippen molar-refractivity contribution in [2.24, 2.45) is 0 Å². The standard InChI is InChI=1S/C16H13Cl2N3O2/c1-8-13(5-10-3-11(17)6-12(18)4-10)9(2)21-15(20-8)14(7-19-21)16(22)23/h3-4,6-7H,5H2,1-2H3,(H,22,23). The predicted molar refractivity (Wildman–Crippen MR) is 88.7 cm³/mol. The summed E-state index contributed by atoms with van der Waals surface area (Å²) in [6.07, 6.45) is 1.90. The second-order valence-electron chi connectivity index (χ2n) is 5.31. The highest BCUT2D eigenvalue weighted by atomic mass is 35.5. The Kier molecular flexibility index (Phi) is 4.00. The average Bonchev–Trinajstić information content (AvgIpc) is 2.86. The fourth-order valence-electron chi connectivity index (χ4n) is 2.63. The van der Waals surface area contributed by atoms with Crippen LogP contribution in [0.3, 0.4) is 0 Å². The van der Waals surface area contributed by atoms with Crippen molar-refractivity contribution < 1.29 is 9.90 Å². The van der Waals surface area contributed by atoms with Crippen LogP contribution in [-0.2, 0) is 6.42 Å². The number of rotatable bonds is 3. The molecule has 23 heavy (non-hydrogen) atoms. The van der Waals surface area contributed by atoms with E-state index in [1.165, 1.54) is 6.20 Å². The summed E-state index contributed by atoms with van der Waals surface area (Å²) in [6.45, 7) is 3.74. The highest BCUT2D eigenvalue weighted by Crippen LogP contribution is 2.24. The van der Waals surface area contributed by atoms with Crippen molar-refractivity contribution in [2.45, 2.75) is 20.3 Å². The van der Waals surface area contributed by atoms with Crippen LogP contribution >= 0.6 is 23.2 Å². The van der Waals surface area contributed by atoms with Crippen LogP contribution in [0.5, 0.6) is 0 Å². The Morgan fingerprint density at radius 2 is 1.87 bits per heavy atom. The van der Waals surface area contributed by atoms with Crippen LogP contribution in [0.15, 0.2) is 24.4 Å². The molecule has 118 valence electrons. The number of aromatic nitrogens is 3. The van der Waals surface area contributed by atoms with Crippen molar-refractivity contribution in [3.8, 4) is 0 Å². The van der Waals surface area contributed by atoms with E-state index in [0.29, 0.717) is 22.1 Å². The minimum Gasteiger partial charge on any atom is -0.477 e. The maximum atomic E-state index is 11.2. The molecule has 0 aliphatic heterocycles. The molecule has 0 aliphatic rings. The second kappa shape index (κ2) is 5.83. The number of nitrogens with zero attached hydrogens (tertiary/aromatic N) is 3. The van der Waals surface area contributed by atoms with Crippen LogP contribution in [0, 0.1) is 13.8 Å². The lowest BCUT2D eigenvalue weighted by Crippen LogP contribution is -2.07. The molecule has 0 radical (unpaired) electrons. The molecule has 3 rings (SSSR count). The zero-order chi connectivity index (χ0) is 16.7. The second-order valence-corrected chi connectivity index (χ2v) is 6.19. The van der Waals surface area contributed by atoms with E-state index >= 15 is 0 Å². The molecule has 0 aliphatic carbocycles. The molecule has 5 nitrogen and oxygen atoms in total. The van der Waals surface area contributed by atoms with Gasteiger partial charge in [0, 0.05) is 27.9 Å². The Balaban J connectivity index is 2.13. The summed E-state index contributed by atoms with van der Waals surface area (Å²) >= 11 is 12.1. The molecule has 0 amide bonds. The Morgan fingerprint density at radius 3 is 2.48 bits per heavy atom. The van der Waals surface area contributed by atoms with Gasteiger partial charge < -0.3 is 5.11 Å². The molecule has 0 atom stereocenters. The fraction of sp³-hybridized carbons (Fsp3) is 0.188. The number of carboxylic acid groups (broad SMARTS) is 1. The van der Waals surface area contributed by atoms with Crippen LogP contribution in [0.2, 0.25) is 10.0 Å². The largest absolute Gasteiger partial charge is 0.477 e. The van der Waals surface area contributed by atoms with Crippen molar-refractivity contribution in [3.63, 3.8) is 0 Å². The number of carbonyl (C=O) groups is 1. The number of hydrogen-bond donors (Lipinski definition) is 1. The lowest BCUT2D eigenvalue weighted by Gasteiger charge is -2.12. The first kappa shape index (κ1) is 15.8. The van der Waals surface area contributed by atoms with Gasteiger partial charge in [0.2, 0.25) is 0 Å². The summed E-state index contributed by atoms with van der Waals surface area (Å²) in [6, 6.07) is 5.38. The van der Waals surface area contributed by atoms with E-state index in [2.05, 4.69) is 10.1 Å². The summed E-state index contributed by atoms with van der Waals surface area (Å²) < 4.78 is 1.55. The van der Waals surface area contributed by atoms with Gasteiger partial charge in [0.1, 0.15) is 5.56 Å². The zero-order valence-electron chi connectivity index (χ0n) is 12.5. The van der Waals surface area contributed by atoms with E-state index in [4.69, 9.17) is 23.2 Å². The molecule has 0 unspecified atom stereocenters. The highest BCUT2D eigenvalue weighted by molar-refractivity contribution is 6.34. The summed E-state index contributed by atoms with van der Waals surface area (Å²) in [5.41, 5.74) is 3.97. The van der Waals surface area contributed by atoms with Gasteiger partial charge in [0.05, 0.1) is 6.20 Å². The normalized spacial score (nSPS) is 11.1. The molecule has 0 saturated heterocycles. The minimum absolute atomic E-state index is 0.0913. The number of hydrogen-bond acceptors (Lipinski definition) is 3. The SMILES string of the molecule is Cc1nc2c(C(=O)O)cnn2c(C)c1Cc1cc(Cl)cc(Cl)c1. The first-order valence-corrected chi connectivity index (χ1v) is 7.64. The summed E-state index contributed by atoms with van der Waals surface area (Å²) in [5, 5.41) is 14.5. The number of carboxylic acids is 1. The average molecular weight is 350 g/mol. The highest BCUT2D eigenvalue weighted by Gasteiger charge is 2.17. The lowest BCUT2D eigenvalue weighted by molar-refractivity contribution is 0.0699. The number of fused-ring (bicyclic) bond motifs is 1. The van der Waals surface area contributed by atoms with E-state index in [0.717, 1.165) is 22.5 Å². The summed E-state index contributed by atoms with van der Waals surface area (Å²) in [7, 11) is 0. The van der Waals surface area contributed by atoms with Gasteiger partial charge in [-0.2, -0.15) is 5.10 Å². The maximum Gasteiger partial charge on any atom is 0.341 e. The third kappa shape index (κ3) is 2.90. The molecular formula is C16H13Cl2N3O2. The predicted octanol–water partition coefficient (Wildman–Crippen LogP) is 3.94. The first-order chi connectivity index (χ1) is 10.9. The van der Waals surface area contributed by atoms with Crippen LogP contribution in [-0.4, -0.2) is 25.7 Å². The Hall–Kier alpha value is -2.11. The van der Waals surface area contributed by atoms with E-state index in [1.54, 1.807) is 10.6 Å². The smallest absolute Gasteiger partial charge is 0.341 e. The van der Waals surface area contributed by atoms with E-state index in [9.17, 15) is 9.90 Å². The molecule has 2 aromatic heterocycles. The summed E-state index contributed by atoms with van der Waals surface area (Å²) in [4.78, 5) is 15.6. The molecule has 0 saturated carbocycles. The van der Waals surface area contributed by atoms with E-state index in [-0.39, 0.29) is 5.56 Å². The van der Waals surface area contributed by atoms with Gasteiger partial charge in [-0.05, 0) is 43.2 Å². The molecule has 2 heterocycles. The topological polar surface area (TPSA) is 67.5 Å². The van der Waals surface area contributed by atoms with Gasteiger partial charge in [-0.15, -0.1) is 0 Å². The fourth-order valence-corrected chi connectivity index (χ4v) is 3.21. The number of benzene rings is 1. The molecule has 1 N–H and O–H groups in total. The Labute approximate surface area is 142 Å². The number of aryl methyl sites for hydroxylation is 2. The lowest BCUT2D eigenvalue weighted by atomic mass is 10.0. The molecular weight excluding hydrogens is 337 g/mol. The van der Waals surface area contributed by atoms with Crippen LogP contribution in [0.4, 0.5) is 0 Å². The molecule has 0 spiro atoms. The van der Waals surface area contributed by atoms with Crippen molar-refractivity contribution in [1.82, 2.24) is 14.6 Å². The van der Waals surface area contributed by atoms with Gasteiger partial charge in [0.15, 0.2) is 5.65 Å². The van der Waals surface area contributed by atoms with Crippen LogP contribution in [0.1, 0.15) is 32.9 Å². The van der Waals surface area contributed by atoms with Crippen molar-refractivity contribution in [1.29, 1.82) is 0 Å². The molecule has 7 heteroatoms. The summed E-state index contributed by atoms with van der Waals surface area (Å²) in [5.74, 6) is -1.04. The van der Waals surface area contributed by atoms with E-state index < -0.39 is 5.97 Å². The first-order valence-electron chi connectivity index (χ1n) is 6.89. The van der Waals surface area contributed by atoms with Crippen LogP contribution < -0.4 is 0 Å². The molecule has 0 fully saturated rings. The third-order valence-electron chi connectivity index (χ3n) is 3.74. The van der Waals surface area contributed by atoms with Crippen molar-refractivity contribution in [2.75, 3.05) is 0 Å². The van der Waals surface area contributed by atoms with Gasteiger partial charge in [-0.25, -0.2) is 14.3 Å². The van der Waals surface area contributed by atoms with Gasteiger partial charge in [-0.3, -0.25) is 0 Å². The Bertz CT molecular complexity index is 914. The van der Waals surface area contributed by atoms with E-state index in [1.807, 2.05) is 26.0 Å². The third-order valence-corrected chi connectivity index (χ3v) is 4.18. The van der Waals surface area contributed by atoms with Crippen molar-refractivity contribution in [3.05, 3.63) is 62.5 Å². The van der Waals surface area contributed by atoms with Crippen molar-refractivity contribution >= 4 is 34.8 Å². The molecule has 1 aromatic carbocycles. The molecule has 3 aromatic rings. The number of halogens is 2. The molecule has 0 bridgehead atoms. The van der Waals surface area contributed by atoms with Gasteiger partial charge in [-0.1, -0.05) is 23.2 Å². The number of aromatic carboxylic acids is 1. The van der Waals surface area contributed by atoms with Crippen LogP contribution in [0.25, 0.3) is 5.65 Å². The quantitative estimate of drug-likeness (QED) is 0.777. The van der Waals surface area contributed by atoms with Gasteiger partial charge >= 0.3 is 5.97 Å².